The molecule has 1 aliphatic heterocycles. The van der Waals surface area contributed by atoms with Crippen molar-refractivity contribution in [3.63, 3.8) is 0 Å². The van der Waals surface area contributed by atoms with Crippen molar-refractivity contribution in [3.05, 3.63) is 28.2 Å². The lowest BCUT2D eigenvalue weighted by Crippen LogP contribution is -2.33. The molecule has 0 saturated carbocycles. The van der Waals surface area contributed by atoms with E-state index in [9.17, 15) is 4.79 Å². The summed E-state index contributed by atoms with van der Waals surface area (Å²) >= 11 is 3.38. The summed E-state index contributed by atoms with van der Waals surface area (Å²) in [5.74, 6) is 1.09. The summed E-state index contributed by atoms with van der Waals surface area (Å²) in [6.45, 7) is 2.25. The third-order valence-corrected chi connectivity index (χ3v) is 3.84. The second-order valence-electron chi connectivity index (χ2n) is 4.64. The molecule has 5 heteroatoms. The van der Waals surface area contributed by atoms with E-state index in [-0.39, 0.29) is 5.91 Å². The first-order chi connectivity index (χ1) is 9.20. The van der Waals surface area contributed by atoms with Crippen LogP contribution in [0.4, 0.5) is 0 Å². The smallest absolute Gasteiger partial charge is 0.251 e. The van der Waals surface area contributed by atoms with Gasteiger partial charge in [-0.2, -0.15) is 0 Å². The Balaban J connectivity index is 1.90. The average molecular weight is 328 g/mol. The molecule has 1 unspecified atom stereocenters. The van der Waals surface area contributed by atoms with Crippen molar-refractivity contribution in [2.75, 3.05) is 26.9 Å². The van der Waals surface area contributed by atoms with Crippen LogP contribution in [0.2, 0.25) is 0 Å². The molecule has 1 aromatic rings. The van der Waals surface area contributed by atoms with Crippen molar-refractivity contribution >= 4 is 21.8 Å². The van der Waals surface area contributed by atoms with E-state index in [0.29, 0.717) is 18.0 Å². The molecule has 1 N–H and O–H groups in total. The molecule has 0 aliphatic carbocycles. The predicted octanol–water partition coefficient (Wildman–Crippen LogP) is 2.61. The van der Waals surface area contributed by atoms with Crippen LogP contribution in [0.5, 0.6) is 5.75 Å². The van der Waals surface area contributed by atoms with Gasteiger partial charge in [-0.25, -0.2) is 0 Å². The number of nitrogens with one attached hydrogen (secondary N) is 1. The molecule has 4 nitrogen and oxygen atoms in total. The van der Waals surface area contributed by atoms with E-state index < -0.39 is 0 Å². The molecule has 104 valence electrons. The Labute approximate surface area is 121 Å². The highest BCUT2D eigenvalue weighted by Gasteiger charge is 2.15. The molecule has 0 bridgehead atoms. The first-order valence-electron chi connectivity index (χ1n) is 6.40. The maximum absolute atomic E-state index is 12.0. The fourth-order valence-electron chi connectivity index (χ4n) is 2.12. The molecular formula is C14H18BrNO3. The molecular weight excluding hydrogens is 310 g/mol. The second kappa shape index (κ2) is 6.91. The number of amides is 1. The van der Waals surface area contributed by atoms with Gasteiger partial charge in [0.05, 0.1) is 18.2 Å². The number of carbonyl (C=O) groups is 1. The van der Waals surface area contributed by atoms with E-state index in [1.807, 2.05) is 0 Å². The summed E-state index contributed by atoms with van der Waals surface area (Å²) in [4.78, 5) is 12.0. The minimum absolute atomic E-state index is 0.0612. The molecule has 1 amide bonds. The van der Waals surface area contributed by atoms with Crippen molar-refractivity contribution in [3.8, 4) is 5.75 Å². The highest BCUT2D eigenvalue weighted by molar-refractivity contribution is 9.10. The van der Waals surface area contributed by atoms with Crippen molar-refractivity contribution in [2.45, 2.75) is 12.8 Å². The number of benzene rings is 1. The minimum Gasteiger partial charge on any atom is -0.496 e. The zero-order valence-corrected chi connectivity index (χ0v) is 12.5. The normalized spacial score (nSPS) is 18.9. The van der Waals surface area contributed by atoms with Crippen LogP contribution in [0.25, 0.3) is 0 Å². The number of ether oxygens (including phenoxy) is 2. The maximum atomic E-state index is 12.0. The molecule has 19 heavy (non-hydrogen) atoms. The van der Waals surface area contributed by atoms with Gasteiger partial charge in [0.1, 0.15) is 5.75 Å². The Morgan fingerprint density at radius 3 is 3.05 bits per heavy atom. The summed E-state index contributed by atoms with van der Waals surface area (Å²) in [5.41, 5.74) is 0.629. The standard InChI is InChI=1S/C14H18BrNO3/c1-18-13-5-4-11(7-12(13)15)14(17)16-8-10-3-2-6-19-9-10/h4-5,7,10H,2-3,6,8-9H2,1H3,(H,16,17). The summed E-state index contributed by atoms with van der Waals surface area (Å²) in [6.07, 6.45) is 2.20. The molecule has 2 rings (SSSR count). The Bertz CT molecular complexity index is 444. The average Bonchev–Trinajstić information content (AvgIpc) is 2.45. The molecule has 0 spiro atoms. The topological polar surface area (TPSA) is 47.6 Å². The quantitative estimate of drug-likeness (QED) is 0.924. The number of rotatable bonds is 4. The molecule has 0 aromatic heterocycles. The van der Waals surface area contributed by atoms with Gasteiger partial charge < -0.3 is 14.8 Å². The van der Waals surface area contributed by atoms with Crippen LogP contribution >= 0.6 is 15.9 Å². The van der Waals surface area contributed by atoms with Crippen molar-refractivity contribution in [1.29, 1.82) is 0 Å². The van der Waals surface area contributed by atoms with Gasteiger partial charge in [0.25, 0.3) is 5.91 Å². The van der Waals surface area contributed by atoms with E-state index >= 15 is 0 Å². The Hall–Kier alpha value is -1.07. The van der Waals surface area contributed by atoms with Crippen LogP contribution in [0.1, 0.15) is 23.2 Å². The molecule has 1 saturated heterocycles. The molecule has 1 fully saturated rings. The zero-order chi connectivity index (χ0) is 13.7. The summed E-state index contributed by atoms with van der Waals surface area (Å²) in [6, 6.07) is 5.31. The third-order valence-electron chi connectivity index (χ3n) is 3.22. The van der Waals surface area contributed by atoms with E-state index in [0.717, 1.165) is 36.3 Å². The fourth-order valence-corrected chi connectivity index (χ4v) is 2.66. The number of hydrogen-bond acceptors (Lipinski definition) is 3. The van der Waals surface area contributed by atoms with Crippen molar-refractivity contribution < 1.29 is 14.3 Å². The predicted molar refractivity (Wildman–Crippen MR) is 76.6 cm³/mol. The molecule has 1 aromatic carbocycles. The van der Waals surface area contributed by atoms with Gasteiger partial charge in [0, 0.05) is 18.7 Å². The van der Waals surface area contributed by atoms with Crippen LogP contribution in [-0.2, 0) is 4.74 Å². The fraction of sp³-hybridized carbons (Fsp3) is 0.500. The van der Waals surface area contributed by atoms with Gasteiger partial charge in [0.2, 0.25) is 0 Å². The van der Waals surface area contributed by atoms with Crippen LogP contribution in [0, 0.1) is 5.92 Å². The number of methoxy groups -OCH3 is 1. The Morgan fingerprint density at radius 1 is 1.58 bits per heavy atom. The van der Waals surface area contributed by atoms with Crippen LogP contribution < -0.4 is 10.1 Å². The number of carbonyl (C=O) groups excluding carboxylic acids is 1. The summed E-state index contributed by atoms with van der Waals surface area (Å²) in [7, 11) is 1.60. The summed E-state index contributed by atoms with van der Waals surface area (Å²) < 4.78 is 11.3. The largest absolute Gasteiger partial charge is 0.496 e. The molecule has 1 atom stereocenters. The SMILES string of the molecule is COc1ccc(C(=O)NCC2CCCOC2)cc1Br. The van der Waals surface area contributed by atoms with E-state index in [2.05, 4.69) is 21.2 Å². The highest BCUT2D eigenvalue weighted by atomic mass is 79.9. The monoisotopic (exact) mass is 327 g/mol. The van der Waals surface area contributed by atoms with Gasteiger partial charge >= 0.3 is 0 Å². The Morgan fingerprint density at radius 2 is 2.42 bits per heavy atom. The van der Waals surface area contributed by atoms with Crippen molar-refractivity contribution in [1.82, 2.24) is 5.32 Å². The van der Waals surface area contributed by atoms with E-state index in [1.165, 1.54) is 0 Å². The summed E-state index contributed by atoms with van der Waals surface area (Å²) in [5, 5.41) is 2.95. The second-order valence-corrected chi connectivity index (χ2v) is 5.50. The lowest BCUT2D eigenvalue weighted by molar-refractivity contribution is 0.0536. The van der Waals surface area contributed by atoms with Crippen LogP contribution in [0.3, 0.4) is 0 Å². The first kappa shape index (κ1) is 14.3. The molecule has 0 radical (unpaired) electrons. The van der Waals surface area contributed by atoms with Gasteiger partial charge in [-0.15, -0.1) is 0 Å². The van der Waals surface area contributed by atoms with Crippen molar-refractivity contribution in [2.24, 2.45) is 5.92 Å². The van der Waals surface area contributed by atoms with Gasteiger partial charge in [-0.1, -0.05) is 0 Å². The molecule has 1 heterocycles. The van der Waals surface area contributed by atoms with Gasteiger partial charge in [-0.3, -0.25) is 4.79 Å². The van der Waals surface area contributed by atoms with Gasteiger partial charge in [-0.05, 0) is 52.9 Å². The van der Waals surface area contributed by atoms with Gasteiger partial charge in [0.15, 0.2) is 0 Å². The lowest BCUT2D eigenvalue weighted by atomic mass is 10.0. The highest BCUT2D eigenvalue weighted by Crippen LogP contribution is 2.25. The minimum atomic E-state index is -0.0612. The molecule has 1 aliphatic rings. The van der Waals surface area contributed by atoms with E-state index in [4.69, 9.17) is 9.47 Å². The maximum Gasteiger partial charge on any atom is 0.251 e. The lowest BCUT2D eigenvalue weighted by Gasteiger charge is -2.22. The zero-order valence-electron chi connectivity index (χ0n) is 10.9. The van der Waals surface area contributed by atoms with E-state index in [1.54, 1.807) is 25.3 Å². The number of halogens is 1. The van der Waals surface area contributed by atoms with Crippen LogP contribution in [0.15, 0.2) is 22.7 Å². The third kappa shape index (κ3) is 3.94. The Kier molecular flexibility index (Phi) is 5.22. The number of hydrogen-bond donors (Lipinski definition) is 1. The first-order valence-corrected chi connectivity index (χ1v) is 7.19. The van der Waals surface area contributed by atoms with Crippen LogP contribution in [-0.4, -0.2) is 32.8 Å².